The molecule has 1 aliphatic carbocycles. The van der Waals surface area contributed by atoms with Gasteiger partial charge in [0.1, 0.15) is 5.76 Å². The standard InChI is InChI=1S/C10H10O2/c11-9-7-5-3-1-2-4-6-8-10(9)12/h11-12H,1,3,5,7H2/b10-9-. The Hall–Kier alpha value is -1.54. The van der Waals surface area contributed by atoms with Crippen LogP contribution in [0.15, 0.2) is 11.5 Å². The van der Waals surface area contributed by atoms with E-state index in [1.807, 2.05) is 0 Å². The summed E-state index contributed by atoms with van der Waals surface area (Å²) >= 11 is 0. The first-order chi connectivity index (χ1) is 5.80. The Kier molecular flexibility index (Phi) is 3.11. The van der Waals surface area contributed by atoms with E-state index in [1.165, 1.54) is 0 Å². The van der Waals surface area contributed by atoms with Crippen LogP contribution in [0.1, 0.15) is 25.7 Å². The number of aliphatic hydroxyl groups is 2. The molecule has 0 fully saturated rings. The zero-order valence-electron chi connectivity index (χ0n) is 6.72. The summed E-state index contributed by atoms with van der Waals surface area (Å²) in [5, 5.41) is 18.3. The molecule has 0 radical (unpaired) electrons. The molecule has 0 atom stereocenters. The second-order valence-corrected chi connectivity index (χ2v) is 2.55. The molecule has 1 aliphatic rings. The number of allylic oxidation sites excluding steroid dienone is 2. The third kappa shape index (κ3) is 2.60. The SMILES string of the molecule is O/C1=C(\O)CCCCC#CC#C1. The van der Waals surface area contributed by atoms with Crippen molar-refractivity contribution in [3.63, 3.8) is 0 Å². The highest BCUT2D eigenvalue weighted by Crippen LogP contribution is 2.09. The van der Waals surface area contributed by atoms with Gasteiger partial charge in [-0.15, -0.1) is 0 Å². The van der Waals surface area contributed by atoms with Gasteiger partial charge in [-0.3, -0.25) is 0 Å². The summed E-state index contributed by atoms with van der Waals surface area (Å²) < 4.78 is 0. The Morgan fingerprint density at radius 1 is 1.08 bits per heavy atom. The van der Waals surface area contributed by atoms with Crippen molar-refractivity contribution in [3.8, 4) is 23.7 Å². The third-order valence-corrected chi connectivity index (χ3v) is 1.57. The fourth-order valence-corrected chi connectivity index (χ4v) is 0.894. The van der Waals surface area contributed by atoms with Gasteiger partial charge in [0, 0.05) is 12.8 Å². The minimum Gasteiger partial charge on any atom is -0.508 e. The quantitative estimate of drug-likeness (QED) is 0.534. The first kappa shape index (κ1) is 8.56. The summed E-state index contributed by atoms with van der Waals surface area (Å²) in [6, 6.07) is 0. The predicted octanol–water partition coefficient (Wildman–Crippen LogP) is 1.89. The van der Waals surface area contributed by atoms with Crippen LogP contribution in [0.4, 0.5) is 0 Å². The molecule has 0 saturated heterocycles. The van der Waals surface area contributed by atoms with Crippen LogP contribution in [0.3, 0.4) is 0 Å². The van der Waals surface area contributed by atoms with Gasteiger partial charge in [-0.2, -0.15) is 0 Å². The molecular formula is C10H10O2. The first-order valence-electron chi connectivity index (χ1n) is 3.90. The van der Waals surface area contributed by atoms with E-state index >= 15 is 0 Å². The third-order valence-electron chi connectivity index (χ3n) is 1.57. The van der Waals surface area contributed by atoms with Crippen LogP contribution in [0.5, 0.6) is 0 Å². The van der Waals surface area contributed by atoms with Crippen molar-refractivity contribution in [1.82, 2.24) is 0 Å². The highest BCUT2D eigenvalue weighted by molar-refractivity contribution is 5.34. The van der Waals surface area contributed by atoms with Crippen LogP contribution in [-0.4, -0.2) is 10.2 Å². The van der Waals surface area contributed by atoms with Crippen LogP contribution >= 0.6 is 0 Å². The summed E-state index contributed by atoms with van der Waals surface area (Å²) in [5.41, 5.74) is 0. The molecule has 0 saturated carbocycles. The predicted molar refractivity (Wildman–Crippen MR) is 46.3 cm³/mol. The van der Waals surface area contributed by atoms with Crippen LogP contribution in [0, 0.1) is 23.7 Å². The molecule has 0 aromatic rings. The molecule has 0 heterocycles. The fourth-order valence-electron chi connectivity index (χ4n) is 0.894. The Morgan fingerprint density at radius 3 is 2.75 bits per heavy atom. The van der Waals surface area contributed by atoms with Gasteiger partial charge in [0.15, 0.2) is 0 Å². The Labute approximate surface area is 71.9 Å². The van der Waals surface area contributed by atoms with Crippen molar-refractivity contribution in [2.75, 3.05) is 0 Å². The summed E-state index contributed by atoms with van der Waals surface area (Å²) in [6.07, 6.45) is 3.07. The van der Waals surface area contributed by atoms with E-state index in [-0.39, 0.29) is 11.5 Å². The minimum atomic E-state index is -0.244. The van der Waals surface area contributed by atoms with Crippen molar-refractivity contribution >= 4 is 0 Å². The number of hydrogen-bond donors (Lipinski definition) is 2. The maximum absolute atomic E-state index is 9.18. The molecule has 2 nitrogen and oxygen atoms in total. The average Bonchev–Trinajstić information content (AvgIpc) is 2.08. The van der Waals surface area contributed by atoms with E-state index in [1.54, 1.807) is 0 Å². The largest absolute Gasteiger partial charge is 0.508 e. The van der Waals surface area contributed by atoms with Gasteiger partial charge in [-0.25, -0.2) is 0 Å². The van der Waals surface area contributed by atoms with E-state index in [9.17, 15) is 5.11 Å². The van der Waals surface area contributed by atoms with Crippen LogP contribution < -0.4 is 0 Å². The monoisotopic (exact) mass is 162 g/mol. The molecule has 2 heteroatoms. The lowest BCUT2D eigenvalue weighted by atomic mass is 10.1. The summed E-state index contributed by atoms with van der Waals surface area (Å²) in [4.78, 5) is 0. The molecule has 2 N–H and O–H groups in total. The van der Waals surface area contributed by atoms with Crippen LogP contribution in [0.2, 0.25) is 0 Å². The molecule has 0 aliphatic heterocycles. The molecule has 12 heavy (non-hydrogen) atoms. The Bertz CT molecular complexity index is 304. The zero-order chi connectivity index (χ0) is 8.81. The molecular weight excluding hydrogens is 152 g/mol. The van der Waals surface area contributed by atoms with Gasteiger partial charge in [0.2, 0.25) is 5.76 Å². The minimum absolute atomic E-state index is 0.0220. The van der Waals surface area contributed by atoms with E-state index in [2.05, 4.69) is 23.7 Å². The van der Waals surface area contributed by atoms with Gasteiger partial charge in [0.25, 0.3) is 0 Å². The molecule has 0 aromatic carbocycles. The van der Waals surface area contributed by atoms with Crippen LogP contribution in [-0.2, 0) is 0 Å². The van der Waals surface area contributed by atoms with Gasteiger partial charge < -0.3 is 10.2 Å². The van der Waals surface area contributed by atoms with Crippen molar-refractivity contribution in [1.29, 1.82) is 0 Å². The Morgan fingerprint density at radius 2 is 1.92 bits per heavy atom. The van der Waals surface area contributed by atoms with Crippen molar-refractivity contribution in [2.45, 2.75) is 25.7 Å². The normalized spacial score (nSPS) is 23.0. The van der Waals surface area contributed by atoms with Gasteiger partial charge in [-0.1, -0.05) is 5.92 Å². The fraction of sp³-hybridized carbons (Fsp3) is 0.400. The maximum Gasteiger partial charge on any atom is 0.206 e. The molecule has 0 unspecified atom stereocenters. The second kappa shape index (κ2) is 4.36. The zero-order valence-corrected chi connectivity index (χ0v) is 6.72. The Balaban J connectivity index is 2.81. The van der Waals surface area contributed by atoms with Crippen molar-refractivity contribution in [2.24, 2.45) is 0 Å². The highest BCUT2D eigenvalue weighted by atomic mass is 16.3. The lowest BCUT2D eigenvalue weighted by Gasteiger charge is -1.99. The van der Waals surface area contributed by atoms with Crippen molar-refractivity contribution < 1.29 is 10.2 Å². The maximum atomic E-state index is 9.18. The lowest BCUT2D eigenvalue weighted by Crippen LogP contribution is -1.89. The smallest absolute Gasteiger partial charge is 0.206 e. The van der Waals surface area contributed by atoms with Crippen LogP contribution in [0.25, 0.3) is 0 Å². The molecule has 0 spiro atoms. The topological polar surface area (TPSA) is 40.5 Å². The van der Waals surface area contributed by atoms with Gasteiger partial charge >= 0.3 is 0 Å². The van der Waals surface area contributed by atoms with E-state index in [0.29, 0.717) is 6.42 Å². The lowest BCUT2D eigenvalue weighted by molar-refractivity contribution is 0.322. The first-order valence-corrected chi connectivity index (χ1v) is 3.90. The van der Waals surface area contributed by atoms with Crippen molar-refractivity contribution in [3.05, 3.63) is 11.5 Å². The number of hydrogen-bond acceptors (Lipinski definition) is 2. The summed E-state index contributed by atoms with van der Waals surface area (Å²) in [6.45, 7) is 0. The molecule has 0 amide bonds. The molecule has 0 aromatic heterocycles. The van der Waals surface area contributed by atoms with E-state index in [0.717, 1.165) is 19.3 Å². The van der Waals surface area contributed by atoms with Gasteiger partial charge in [0.05, 0.1) is 0 Å². The summed E-state index contributed by atoms with van der Waals surface area (Å²) in [5.74, 6) is 9.99. The number of aliphatic hydroxyl groups excluding tert-OH is 2. The molecule has 62 valence electrons. The number of rotatable bonds is 0. The van der Waals surface area contributed by atoms with E-state index < -0.39 is 0 Å². The molecule has 0 bridgehead atoms. The molecule has 1 rings (SSSR count). The van der Waals surface area contributed by atoms with E-state index in [4.69, 9.17) is 5.11 Å². The summed E-state index contributed by atoms with van der Waals surface area (Å²) in [7, 11) is 0. The highest BCUT2D eigenvalue weighted by Gasteiger charge is 2.00. The van der Waals surface area contributed by atoms with Gasteiger partial charge in [-0.05, 0) is 30.6 Å². The second-order valence-electron chi connectivity index (χ2n) is 2.55. The average molecular weight is 162 g/mol.